The van der Waals surface area contributed by atoms with Gasteiger partial charge in [0.2, 0.25) is 0 Å². The van der Waals surface area contributed by atoms with Crippen molar-refractivity contribution in [1.29, 1.82) is 0 Å². The van der Waals surface area contributed by atoms with E-state index in [2.05, 4.69) is 5.32 Å². The van der Waals surface area contributed by atoms with Crippen LogP contribution in [0.4, 0.5) is 8.78 Å². The van der Waals surface area contributed by atoms with Gasteiger partial charge in [0, 0.05) is 10.9 Å². The van der Waals surface area contributed by atoms with E-state index in [9.17, 15) is 8.78 Å². The Morgan fingerprint density at radius 1 is 1.22 bits per heavy atom. The predicted octanol–water partition coefficient (Wildman–Crippen LogP) is 4.18. The van der Waals surface area contributed by atoms with Gasteiger partial charge in [-0.1, -0.05) is 17.7 Å². The summed E-state index contributed by atoms with van der Waals surface area (Å²) in [6.07, 6.45) is 0.588. The van der Waals surface area contributed by atoms with Crippen LogP contribution in [0.2, 0.25) is 4.34 Å². The summed E-state index contributed by atoms with van der Waals surface area (Å²) in [5.74, 6) is -1.63. The van der Waals surface area contributed by atoms with Crippen molar-refractivity contribution in [3.8, 4) is 0 Å². The van der Waals surface area contributed by atoms with E-state index in [-0.39, 0.29) is 6.04 Å². The molecule has 0 aliphatic carbocycles. The van der Waals surface area contributed by atoms with Crippen molar-refractivity contribution in [3.63, 3.8) is 0 Å². The standard InChI is InChI=1S/C13H12ClF2NS/c1-17-11(12-4-5-13(14)18-12)7-8-2-3-9(15)10(16)6-8/h2-6,11,17H,7H2,1H3. The quantitative estimate of drug-likeness (QED) is 0.889. The summed E-state index contributed by atoms with van der Waals surface area (Å²) < 4.78 is 26.7. The molecular formula is C13H12ClF2NS. The largest absolute Gasteiger partial charge is 0.312 e. The van der Waals surface area contributed by atoms with Crippen LogP contribution >= 0.6 is 22.9 Å². The van der Waals surface area contributed by atoms with Gasteiger partial charge in [0.05, 0.1) is 4.34 Å². The molecule has 0 fully saturated rings. The topological polar surface area (TPSA) is 12.0 Å². The Kier molecular flexibility index (Phi) is 4.32. The Bertz CT molecular complexity index is 542. The average Bonchev–Trinajstić information content (AvgIpc) is 2.77. The SMILES string of the molecule is CNC(Cc1ccc(F)c(F)c1)c1ccc(Cl)s1. The molecule has 1 N–H and O–H groups in total. The third kappa shape index (κ3) is 3.07. The first-order valence-electron chi connectivity index (χ1n) is 5.46. The van der Waals surface area contributed by atoms with E-state index in [0.717, 1.165) is 20.8 Å². The molecule has 1 nitrogen and oxygen atoms in total. The molecule has 0 amide bonds. The maximum atomic E-state index is 13.1. The van der Waals surface area contributed by atoms with Gasteiger partial charge in [0.25, 0.3) is 0 Å². The van der Waals surface area contributed by atoms with Gasteiger partial charge in [-0.25, -0.2) is 8.78 Å². The van der Waals surface area contributed by atoms with Crippen LogP contribution in [0.3, 0.4) is 0 Å². The van der Waals surface area contributed by atoms with Crippen LogP contribution in [0.5, 0.6) is 0 Å². The normalized spacial score (nSPS) is 12.7. The van der Waals surface area contributed by atoms with Crippen LogP contribution in [0.1, 0.15) is 16.5 Å². The summed E-state index contributed by atoms with van der Waals surface area (Å²) in [5.41, 5.74) is 0.748. The summed E-state index contributed by atoms with van der Waals surface area (Å²) in [7, 11) is 1.83. The highest BCUT2D eigenvalue weighted by Gasteiger charge is 2.13. The van der Waals surface area contributed by atoms with Gasteiger partial charge in [0.15, 0.2) is 11.6 Å². The summed E-state index contributed by atoms with van der Waals surface area (Å²) in [6.45, 7) is 0. The first-order chi connectivity index (χ1) is 8.60. The number of rotatable bonds is 4. The van der Waals surface area contributed by atoms with Crippen LogP contribution in [0.25, 0.3) is 0 Å². The Balaban J connectivity index is 2.17. The lowest BCUT2D eigenvalue weighted by Crippen LogP contribution is -2.17. The Hall–Kier alpha value is -0.970. The molecule has 2 rings (SSSR count). The first-order valence-corrected chi connectivity index (χ1v) is 6.66. The molecule has 1 unspecified atom stereocenters. The minimum atomic E-state index is -0.820. The lowest BCUT2D eigenvalue weighted by molar-refractivity contribution is 0.505. The predicted molar refractivity (Wildman–Crippen MR) is 71.2 cm³/mol. The number of halogens is 3. The third-order valence-corrected chi connectivity index (χ3v) is 4.05. The molecule has 1 aromatic heterocycles. The second kappa shape index (κ2) is 5.78. The maximum absolute atomic E-state index is 13.1. The van der Waals surface area contributed by atoms with E-state index in [4.69, 9.17) is 11.6 Å². The van der Waals surface area contributed by atoms with Crippen LogP contribution in [0, 0.1) is 11.6 Å². The third-order valence-electron chi connectivity index (χ3n) is 2.71. The number of benzene rings is 1. The lowest BCUT2D eigenvalue weighted by Gasteiger charge is -2.14. The monoisotopic (exact) mass is 287 g/mol. The maximum Gasteiger partial charge on any atom is 0.159 e. The van der Waals surface area contributed by atoms with Crippen LogP contribution in [-0.2, 0) is 6.42 Å². The molecule has 2 aromatic rings. The molecule has 0 aliphatic heterocycles. The van der Waals surface area contributed by atoms with Crippen molar-refractivity contribution in [2.75, 3.05) is 7.05 Å². The fourth-order valence-electron chi connectivity index (χ4n) is 1.76. The minimum absolute atomic E-state index is 0.0485. The van der Waals surface area contributed by atoms with Crippen molar-refractivity contribution < 1.29 is 8.78 Å². The summed E-state index contributed by atoms with van der Waals surface area (Å²) in [5, 5.41) is 3.15. The summed E-state index contributed by atoms with van der Waals surface area (Å²) in [6, 6.07) is 7.80. The Labute approximate surface area is 113 Å². The number of hydrogen-bond donors (Lipinski definition) is 1. The molecule has 5 heteroatoms. The van der Waals surface area contributed by atoms with E-state index in [1.165, 1.54) is 17.4 Å². The lowest BCUT2D eigenvalue weighted by atomic mass is 10.0. The highest BCUT2D eigenvalue weighted by Crippen LogP contribution is 2.29. The number of hydrogen-bond acceptors (Lipinski definition) is 2. The van der Waals surface area contributed by atoms with Crippen molar-refractivity contribution in [1.82, 2.24) is 5.32 Å². The highest BCUT2D eigenvalue weighted by molar-refractivity contribution is 7.16. The second-order valence-corrected chi connectivity index (χ2v) is 5.68. The van der Waals surface area contributed by atoms with E-state index in [1.807, 2.05) is 19.2 Å². The average molecular weight is 288 g/mol. The molecule has 0 saturated heterocycles. The second-order valence-electron chi connectivity index (χ2n) is 3.94. The molecule has 96 valence electrons. The Morgan fingerprint density at radius 3 is 2.56 bits per heavy atom. The fraction of sp³-hybridized carbons (Fsp3) is 0.231. The van der Waals surface area contributed by atoms with Crippen molar-refractivity contribution >= 4 is 22.9 Å². The molecule has 0 saturated carbocycles. The Morgan fingerprint density at radius 2 is 2.00 bits per heavy atom. The molecule has 1 atom stereocenters. The van der Waals surface area contributed by atoms with Crippen LogP contribution in [-0.4, -0.2) is 7.05 Å². The molecule has 0 spiro atoms. The molecule has 1 heterocycles. The zero-order valence-corrected chi connectivity index (χ0v) is 11.3. The molecule has 18 heavy (non-hydrogen) atoms. The number of nitrogens with one attached hydrogen (secondary N) is 1. The van der Waals surface area contributed by atoms with Gasteiger partial charge in [-0.05, 0) is 43.3 Å². The number of thiophene rings is 1. The van der Waals surface area contributed by atoms with E-state index < -0.39 is 11.6 Å². The molecule has 0 radical (unpaired) electrons. The first kappa shape index (κ1) is 13.5. The summed E-state index contributed by atoms with van der Waals surface area (Å²) in [4.78, 5) is 1.08. The number of likely N-dealkylation sites (N-methyl/N-ethyl adjacent to an activating group) is 1. The van der Waals surface area contributed by atoms with Gasteiger partial charge < -0.3 is 5.32 Å². The van der Waals surface area contributed by atoms with Crippen molar-refractivity contribution in [2.24, 2.45) is 0 Å². The van der Waals surface area contributed by atoms with E-state index in [0.29, 0.717) is 6.42 Å². The van der Waals surface area contributed by atoms with E-state index in [1.54, 1.807) is 6.07 Å². The van der Waals surface area contributed by atoms with E-state index >= 15 is 0 Å². The smallest absolute Gasteiger partial charge is 0.159 e. The fourth-order valence-corrected chi connectivity index (χ4v) is 2.93. The van der Waals surface area contributed by atoms with Crippen molar-refractivity contribution in [3.05, 3.63) is 56.7 Å². The van der Waals surface area contributed by atoms with Crippen LogP contribution in [0.15, 0.2) is 30.3 Å². The van der Waals surface area contributed by atoms with Gasteiger partial charge in [-0.2, -0.15) is 0 Å². The molecule has 1 aromatic carbocycles. The molecular weight excluding hydrogens is 276 g/mol. The molecule has 0 bridgehead atoms. The van der Waals surface area contributed by atoms with Crippen LogP contribution < -0.4 is 5.32 Å². The van der Waals surface area contributed by atoms with Gasteiger partial charge in [-0.15, -0.1) is 11.3 Å². The zero-order chi connectivity index (χ0) is 13.1. The molecule has 0 aliphatic rings. The summed E-state index contributed by atoms with van der Waals surface area (Å²) >= 11 is 7.37. The minimum Gasteiger partial charge on any atom is -0.312 e. The van der Waals surface area contributed by atoms with Gasteiger partial charge in [-0.3, -0.25) is 0 Å². The van der Waals surface area contributed by atoms with Gasteiger partial charge >= 0.3 is 0 Å². The van der Waals surface area contributed by atoms with Crippen molar-refractivity contribution in [2.45, 2.75) is 12.5 Å². The zero-order valence-electron chi connectivity index (χ0n) is 9.71. The highest BCUT2D eigenvalue weighted by atomic mass is 35.5. The van der Waals surface area contributed by atoms with Gasteiger partial charge in [0.1, 0.15) is 0 Å².